The highest BCUT2D eigenvalue weighted by molar-refractivity contribution is 5.99. The SMILES string of the molecule is CCOc1ccc(C2c3c(oc4ccccc4c3=O)C(=O)N2CCc2ccc(OC)c(OC)c2)cc1. The van der Waals surface area contributed by atoms with Crippen molar-refractivity contribution in [2.24, 2.45) is 0 Å². The van der Waals surface area contributed by atoms with Gasteiger partial charge in [-0.05, 0) is 60.9 Å². The summed E-state index contributed by atoms with van der Waals surface area (Å²) in [5.41, 5.74) is 2.39. The predicted octanol–water partition coefficient (Wildman–Crippen LogP) is 5.00. The third-order valence-corrected chi connectivity index (χ3v) is 6.47. The maximum atomic E-state index is 13.6. The van der Waals surface area contributed by atoms with Crippen LogP contribution in [0.25, 0.3) is 11.0 Å². The summed E-state index contributed by atoms with van der Waals surface area (Å²) in [7, 11) is 3.18. The third-order valence-electron chi connectivity index (χ3n) is 6.47. The lowest BCUT2D eigenvalue weighted by atomic mass is 9.98. The highest BCUT2D eigenvalue weighted by atomic mass is 16.5. The first-order chi connectivity index (χ1) is 17.5. The summed E-state index contributed by atoms with van der Waals surface area (Å²) in [6.07, 6.45) is 0.557. The van der Waals surface area contributed by atoms with E-state index in [0.29, 0.717) is 47.6 Å². The van der Waals surface area contributed by atoms with Crippen LogP contribution >= 0.6 is 0 Å². The van der Waals surface area contributed by atoms with Crippen molar-refractivity contribution in [3.05, 3.63) is 99.4 Å². The van der Waals surface area contributed by atoms with Crippen molar-refractivity contribution in [3.8, 4) is 17.2 Å². The summed E-state index contributed by atoms with van der Waals surface area (Å²) in [6, 6.07) is 19.7. The number of hydrogen-bond donors (Lipinski definition) is 0. The summed E-state index contributed by atoms with van der Waals surface area (Å²) in [5, 5.41) is 0.460. The molecule has 0 fully saturated rings. The van der Waals surface area contributed by atoms with E-state index in [9.17, 15) is 9.59 Å². The minimum atomic E-state index is -0.566. The van der Waals surface area contributed by atoms with E-state index in [1.165, 1.54) is 0 Å². The lowest BCUT2D eigenvalue weighted by molar-refractivity contribution is 0.0730. The van der Waals surface area contributed by atoms with Crippen molar-refractivity contribution in [1.82, 2.24) is 4.90 Å². The Morgan fingerprint density at radius 3 is 2.39 bits per heavy atom. The number of fused-ring (bicyclic) bond motifs is 2. The van der Waals surface area contributed by atoms with Gasteiger partial charge in [0.2, 0.25) is 5.76 Å². The Morgan fingerprint density at radius 2 is 1.67 bits per heavy atom. The van der Waals surface area contributed by atoms with Crippen LogP contribution < -0.4 is 19.6 Å². The van der Waals surface area contributed by atoms with E-state index in [4.69, 9.17) is 18.6 Å². The smallest absolute Gasteiger partial charge is 0.290 e. The number of carbonyl (C=O) groups excluding carboxylic acids is 1. The van der Waals surface area contributed by atoms with Crippen LogP contribution in [0, 0.1) is 0 Å². The van der Waals surface area contributed by atoms with E-state index in [0.717, 1.165) is 16.9 Å². The Bertz CT molecular complexity index is 1470. The molecule has 1 aliphatic rings. The van der Waals surface area contributed by atoms with Gasteiger partial charge in [-0.1, -0.05) is 30.3 Å². The zero-order valence-corrected chi connectivity index (χ0v) is 20.4. The van der Waals surface area contributed by atoms with Crippen LogP contribution in [-0.4, -0.2) is 38.2 Å². The Balaban J connectivity index is 1.56. The fourth-order valence-electron chi connectivity index (χ4n) is 4.74. The summed E-state index contributed by atoms with van der Waals surface area (Å²) in [5.74, 6) is 1.79. The van der Waals surface area contributed by atoms with Crippen molar-refractivity contribution in [2.75, 3.05) is 27.4 Å². The van der Waals surface area contributed by atoms with E-state index in [1.54, 1.807) is 43.4 Å². The second kappa shape index (κ2) is 9.77. The average Bonchev–Trinajstić information content (AvgIpc) is 3.19. The zero-order chi connectivity index (χ0) is 25.2. The highest BCUT2D eigenvalue weighted by Gasteiger charge is 2.42. The molecule has 5 rings (SSSR count). The largest absolute Gasteiger partial charge is 0.494 e. The molecular weight excluding hydrogens is 458 g/mol. The van der Waals surface area contributed by atoms with Gasteiger partial charge in [-0.2, -0.15) is 0 Å². The quantitative estimate of drug-likeness (QED) is 0.350. The number of methoxy groups -OCH3 is 2. The third kappa shape index (κ3) is 4.06. The predicted molar refractivity (Wildman–Crippen MR) is 136 cm³/mol. The number of amides is 1. The van der Waals surface area contributed by atoms with Gasteiger partial charge >= 0.3 is 0 Å². The molecule has 4 aromatic rings. The Labute approximate surface area is 208 Å². The first-order valence-electron chi connectivity index (χ1n) is 11.9. The van der Waals surface area contributed by atoms with Gasteiger partial charge in [0.1, 0.15) is 11.3 Å². The molecule has 0 saturated carbocycles. The minimum Gasteiger partial charge on any atom is -0.494 e. The number of para-hydroxylation sites is 1. The van der Waals surface area contributed by atoms with Crippen molar-refractivity contribution >= 4 is 16.9 Å². The van der Waals surface area contributed by atoms with Crippen molar-refractivity contribution in [2.45, 2.75) is 19.4 Å². The van der Waals surface area contributed by atoms with E-state index >= 15 is 0 Å². The average molecular weight is 486 g/mol. The van der Waals surface area contributed by atoms with Crippen molar-refractivity contribution in [1.29, 1.82) is 0 Å². The monoisotopic (exact) mass is 485 g/mol. The standard InChI is InChI=1S/C29H27NO6/c1-4-35-20-12-10-19(11-13-20)26-25-27(31)21-7-5-6-8-22(21)36-28(25)29(32)30(26)16-15-18-9-14-23(33-2)24(17-18)34-3/h5-14,17,26H,4,15-16H2,1-3H3. The Hall–Kier alpha value is -4.26. The van der Waals surface area contributed by atoms with Crippen LogP contribution in [-0.2, 0) is 6.42 Å². The Kier molecular flexibility index (Phi) is 6.38. The van der Waals surface area contributed by atoms with E-state index in [1.807, 2.05) is 49.4 Å². The lowest BCUT2D eigenvalue weighted by Crippen LogP contribution is -2.31. The maximum absolute atomic E-state index is 13.6. The molecule has 7 nitrogen and oxygen atoms in total. The minimum absolute atomic E-state index is 0.102. The molecular formula is C29H27NO6. The van der Waals surface area contributed by atoms with E-state index in [-0.39, 0.29) is 17.1 Å². The second-order valence-electron chi connectivity index (χ2n) is 8.51. The number of rotatable bonds is 8. The molecule has 0 saturated heterocycles. The molecule has 0 N–H and O–H groups in total. The molecule has 7 heteroatoms. The first-order valence-corrected chi connectivity index (χ1v) is 11.9. The summed E-state index contributed by atoms with van der Waals surface area (Å²) < 4.78 is 22.4. The van der Waals surface area contributed by atoms with E-state index < -0.39 is 6.04 Å². The molecule has 3 aromatic carbocycles. The number of ether oxygens (including phenoxy) is 3. The molecule has 36 heavy (non-hydrogen) atoms. The van der Waals surface area contributed by atoms with Crippen LogP contribution in [0.5, 0.6) is 17.2 Å². The number of benzene rings is 3. The summed E-state index contributed by atoms with van der Waals surface area (Å²) in [4.78, 5) is 28.9. The van der Waals surface area contributed by atoms with Gasteiger partial charge in [0.15, 0.2) is 16.9 Å². The summed E-state index contributed by atoms with van der Waals surface area (Å²) in [6.45, 7) is 2.86. The molecule has 0 aliphatic carbocycles. The molecule has 1 atom stereocenters. The number of nitrogens with zero attached hydrogens (tertiary/aromatic N) is 1. The molecule has 0 spiro atoms. The van der Waals surface area contributed by atoms with Gasteiger partial charge in [-0.15, -0.1) is 0 Å². The van der Waals surface area contributed by atoms with Gasteiger partial charge in [0.25, 0.3) is 5.91 Å². The topological polar surface area (TPSA) is 78.2 Å². The Morgan fingerprint density at radius 1 is 0.917 bits per heavy atom. The van der Waals surface area contributed by atoms with E-state index in [2.05, 4.69) is 0 Å². The van der Waals surface area contributed by atoms with Gasteiger partial charge < -0.3 is 23.5 Å². The molecule has 184 valence electrons. The molecule has 1 unspecified atom stereocenters. The highest BCUT2D eigenvalue weighted by Crippen LogP contribution is 2.39. The summed E-state index contributed by atoms with van der Waals surface area (Å²) >= 11 is 0. The van der Waals surface area contributed by atoms with Gasteiger partial charge in [0.05, 0.1) is 37.8 Å². The zero-order valence-electron chi connectivity index (χ0n) is 20.4. The first kappa shape index (κ1) is 23.5. The van der Waals surface area contributed by atoms with Crippen LogP contribution in [0.4, 0.5) is 0 Å². The van der Waals surface area contributed by atoms with Gasteiger partial charge in [0, 0.05) is 6.54 Å². The normalized spacial score (nSPS) is 14.7. The molecule has 1 amide bonds. The number of carbonyl (C=O) groups is 1. The fraction of sp³-hybridized carbons (Fsp3) is 0.241. The van der Waals surface area contributed by atoms with Gasteiger partial charge in [-0.3, -0.25) is 9.59 Å². The van der Waals surface area contributed by atoms with Crippen LogP contribution in [0.2, 0.25) is 0 Å². The molecule has 0 bridgehead atoms. The lowest BCUT2D eigenvalue weighted by Gasteiger charge is -2.25. The maximum Gasteiger partial charge on any atom is 0.290 e. The molecule has 0 radical (unpaired) electrons. The second-order valence-corrected chi connectivity index (χ2v) is 8.51. The number of hydrogen-bond acceptors (Lipinski definition) is 6. The van der Waals surface area contributed by atoms with Crippen LogP contribution in [0.1, 0.15) is 40.2 Å². The van der Waals surface area contributed by atoms with Crippen LogP contribution in [0.3, 0.4) is 0 Å². The molecule has 1 aromatic heterocycles. The molecule has 2 heterocycles. The van der Waals surface area contributed by atoms with Crippen LogP contribution in [0.15, 0.2) is 75.9 Å². The van der Waals surface area contributed by atoms with Crippen molar-refractivity contribution in [3.63, 3.8) is 0 Å². The van der Waals surface area contributed by atoms with Gasteiger partial charge in [-0.25, -0.2) is 0 Å². The molecule has 1 aliphatic heterocycles. The fourth-order valence-corrected chi connectivity index (χ4v) is 4.74. The van der Waals surface area contributed by atoms with Crippen molar-refractivity contribution < 1.29 is 23.4 Å².